The Morgan fingerprint density at radius 3 is 2.23 bits per heavy atom. The fourth-order valence-electron chi connectivity index (χ4n) is 3.06. The van der Waals surface area contributed by atoms with Gasteiger partial charge in [0.05, 0.1) is 17.0 Å². The summed E-state index contributed by atoms with van der Waals surface area (Å²) in [5.41, 5.74) is 3.04. The summed E-state index contributed by atoms with van der Waals surface area (Å²) >= 11 is 6.20. The minimum absolute atomic E-state index is 0.363. The first-order valence-corrected chi connectivity index (χ1v) is 10.3. The van der Waals surface area contributed by atoms with Crippen LogP contribution >= 0.6 is 11.6 Å². The molecule has 5 nitrogen and oxygen atoms in total. The Morgan fingerprint density at radius 1 is 0.962 bits per heavy atom. The van der Waals surface area contributed by atoms with Crippen LogP contribution in [0.1, 0.15) is 11.1 Å². The molecule has 0 radical (unpaired) electrons. The van der Waals surface area contributed by atoms with Gasteiger partial charge in [0.1, 0.15) is 5.75 Å². The van der Waals surface area contributed by atoms with Crippen LogP contribution in [-0.2, 0) is 10.0 Å². The van der Waals surface area contributed by atoms with Crippen molar-refractivity contribution in [2.45, 2.75) is 18.7 Å². The predicted molar refractivity (Wildman–Crippen MR) is 105 cm³/mol. The summed E-state index contributed by atoms with van der Waals surface area (Å²) in [6.07, 6.45) is 0. The van der Waals surface area contributed by atoms with Crippen molar-refractivity contribution in [1.82, 2.24) is 4.31 Å². The van der Waals surface area contributed by atoms with Crippen molar-refractivity contribution < 1.29 is 13.2 Å². The minimum atomic E-state index is -3.47. The lowest BCUT2D eigenvalue weighted by Crippen LogP contribution is -2.48. The van der Waals surface area contributed by atoms with Crippen LogP contribution in [0.25, 0.3) is 0 Å². The van der Waals surface area contributed by atoms with Crippen LogP contribution in [0, 0.1) is 13.8 Å². The van der Waals surface area contributed by atoms with Crippen molar-refractivity contribution in [3.63, 3.8) is 0 Å². The first-order chi connectivity index (χ1) is 12.3. The van der Waals surface area contributed by atoms with Crippen LogP contribution in [0.4, 0.5) is 5.69 Å². The van der Waals surface area contributed by atoms with E-state index in [9.17, 15) is 8.42 Å². The molecule has 0 saturated carbocycles. The van der Waals surface area contributed by atoms with Crippen LogP contribution in [0.3, 0.4) is 0 Å². The number of hydrogen-bond acceptors (Lipinski definition) is 4. The molecule has 1 saturated heterocycles. The van der Waals surface area contributed by atoms with Gasteiger partial charge in [-0.1, -0.05) is 17.7 Å². The second-order valence-corrected chi connectivity index (χ2v) is 8.80. The van der Waals surface area contributed by atoms with Gasteiger partial charge >= 0.3 is 0 Å². The molecular weight excluding hydrogens is 372 g/mol. The van der Waals surface area contributed by atoms with Gasteiger partial charge in [0.2, 0.25) is 10.0 Å². The highest BCUT2D eigenvalue weighted by molar-refractivity contribution is 7.89. The smallest absolute Gasteiger partial charge is 0.243 e. The number of nitrogens with zero attached hydrogens (tertiary/aromatic N) is 2. The molecule has 26 heavy (non-hydrogen) atoms. The maximum atomic E-state index is 12.9. The van der Waals surface area contributed by atoms with Gasteiger partial charge in [-0.05, 0) is 55.3 Å². The molecule has 0 atom stereocenters. The van der Waals surface area contributed by atoms with Gasteiger partial charge in [-0.15, -0.1) is 0 Å². The fraction of sp³-hybridized carbons (Fsp3) is 0.368. The Kier molecular flexibility index (Phi) is 5.46. The molecular formula is C19H23ClN2O3S. The zero-order valence-electron chi connectivity index (χ0n) is 15.2. The number of aryl methyl sites for hydroxylation is 2. The molecule has 7 heteroatoms. The van der Waals surface area contributed by atoms with Crippen LogP contribution in [0.2, 0.25) is 5.02 Å². The first-order valence-electron chi connectivity index (χ1n) is 8.49. The number of sulfonamides is 1. The average molecular weight is 395 g/mol. The number of hydrogen-bond donors (Lipinski definition) is 0. The molecule has 0 bridgehead atoms. The summed E-state index contributed by atoms with van der Waals surface area (Å²) in [5, 5.41) is 0.551. The summed E-state index contributed by atoms with van der Waals surface area (Å²) < 4.78 is 32.5. The van der Waals surface area contributed by atoms with E-state index < -0.39 is 10.0 Å². The zero-order chi connectivity index (χ0) is 18.9. The fourth-order valence-corrected chi connectivity index (χ4v) is 4.82. The third-order valence-electron chi connectivity index (χ3n) is 4.86. The second-order valence-electron chi connectivity index (χ2n) is 6.46. The normalized spacial score (nSPS) is 15.9. The molecule has 1 aliphatic heterocycles. The molecule has 0 aliphatic carbocycles. The van der Waals surface area contributed by atoms with E-state index in [2.05, 4.69) is 4.90 Å². The average Bonchev–Trinajstić information content (AvgIpc) is 2.64. The van der Waals surface area contributed by atoms with Gasteiger partial charge in [0.25, 0.3) is 0 Å². The van der Waals surface area contributed by atoms with Crippen LogP contribution in [0.15, 0.2) is 41.3 Å². The number of methoxy groups -OCH3 is 1. The van der Waals surface area contributed by atoms with E-state index in [0.29, 0.717) is 41.8 Å². The van der Waals surface area contributed by atoms with E-state index >= 15 is 0 Å². The molecule has 0 spiro atoms. The van der Waals surface area contributed by atoms with Crippen LogP contribution in [-0.4, -0.2) is 46.0 Å². The SMILES string of the molecule is COc1ccc(N2CCN(S(=O)(=O)c3ccc(C)c(C)c3)CC2)cc1Cl. The molecule has 0 amide bonds. The maximum absolute atomic E-state index is 12.9. The molecule has 1 fully saturated rings. The Labute approximate surface area is 160 Å². The highest BCUT2D eigenvalue weighted by Crippen LogP contribution is 2.30. The first kappa shape index (κ1) is 19.0. The van der Waals surface area contributed by atoms with E-state index in [0.717, 1.165) is 16.8 Å². The largest absolute Gasteiger partial charge is 0.495 e. The van der Waals surface area contributed by atoms with Gasteiger partial charge < -0.3 is 9.64 Å². The lowest BCUT2D eigenvalue weighted by Gasteiger charge is -2.35. The number of ether oxygens (including phenoxy) is 1. The molecule has 2 aromatic rings. The lowest BCUT2D eigenvalue weighted by atomic mass is 10.1. The number of halogens is 1. The van der Waals surface area contributed by atoms with Crippen LogP contribution in [0.5, 0.6) is 5.75 Å². The summed E-state index contributed by atoms with van der Waals surface area (Å²) in [7, 11) is -1.88. The molecule has 1 heterocycles. The molecule has 1 aliphatic rings. The van der Waals surface area contributed by atoms with Gasteiger partial charge in [0, 0.05) is 31.9 Å². The monoisotopic (exact) mass is 394 g/mol. The van der Waals surface area contributed by atoms with Gasteiger partial charge in [-0.25, -0.2) is 8.42 Å². The maximum Gasteiger partial charge on any atom is 0.243 e. The van der Waals surface area contributed by atoms with Crippen molar-refractivity contribution in [2.24, 2.45) is 0 Å². The van der Waals surface area contributed by atoms with Crippen molar-refractivity contribution in [1.29, 1.82) is 0 Å². The highest BCUT2D eigenvalue weighted by atomic mass is 35.5. The van der Waals surface area contributed by atoms with E-state index in [1.54, 1.807) is 23.5 Å². The third-order valence-corrected chi connectivity index (χ3v) is 7.05. The molecule has 3 rings (SSSR count). The predicted octanol–water partition coefficient (Wildman–Crippen LogP) is 3.48. The number of benzene rings is 2. The number of anilines is 1. The van der Waals surface area contributed by atoms with Crippen molar-refractivity contribution >= 4 is 27.3 Å². The minimum Gasteiger partial charge on any atom is -0.495 e. The summed E-state index contributed by atoms with van der Waals surface area (Å²) in [6, 6.07) is 10.9. The molecule has 0 N–H and O–H groups in total. The van der Waals surface area contributed by atoms with Crippen molar-refractivity contribution in [3.05, 3.63) is 52.5 Å². The molecule has 0 aromatic heterocycles. The molecule has 140 valence electrons. The quantitative estimate of drug-likeness (QED) is 0.796. The van der Waals surface area contributed by atoms with E-state index in [1.165, 1.54) is 0 Å². The van der Waals surface area contributed by atoms with Crippen molar-refractivity contribution in [2.75, 3.05) is 38.2 Å². The van der Waals surface area contributed by atoms with Crippen LogP contribution < -0.4 is 9.64 Å². The lowest BCUT2D eigenvalue weighted by molar-refractivity contribution is 0.384. The van der Waals surface area contributed by atoms with Gasteiger partial charge in [-0.2, -0.15) is 4.31 Å². The summed E-state index contributed by atoms with van der Waals surface area (Å²) in [6.45, 7) is 6.03. The van der Waals surface area contributed by atoms with E-state index in [4.69, 9.17) is 16.3 Å². The second kappa shape index (κ2) is 7.47. The zero-order valence-corrected chi connectivity index (χ0v) is 16.8. The Morgan fingerprint density at radius 2 is 1.65 bits per heavy atom. The number of rotatable bonds is 4. The molecule has 2 aromatic carbocycles. The standard InChI is InChI=1S/C19H23ClN2O3S/c1-14-4-6-17(12-15(14)2)26(23,24)22-10-8-21(9-11-22)16-5-7-19(25-3)18(20)13-16/h4-7,12-13H,8-11H2,1-3H3. The Hall–Kier alpha value is -1.76. The highest BCUT2D eigenvalue weighted by Gasteiger charge is 2.29. The Balaban J connectivity index is 1.73. The number of piperazine rings is 1. The van der Waals surface area contributed by atoms with E-state index in [-0.39, 0.29) is 0 Å². The topological polar surface area (TPSA) is 49.9 Å². The summed E-state index contributed by atoms with van der Waals surface area (Å²) in [4.78, 5) is 2.50. The third kappa shape index (κ3) is 3.68. The van der Waals surface area contributed by atoms with Gasteiger partial charge in [-0.3, -0.25) is 0 Å². The molecule has 0 unspecified atom stereocenters. The van der Waals surface area contributed by atoms with Crippen molar-refractivity contribution in [3.8, 4) is 5.75 Å². The van der Waals surface area contributed by atoms with Gasteiger partial charge in [0.15, 0.2) is 0 Å². The van der Waals surface area contributed by atoms with E-state index in [1.807, 2.05) is 38.1 Å². The Bertz CT molecular complexity index is 907. The summed E-state index contributed by atoms with van der Waals surface area (Å²) in [5.74, 6) is 0.631.